The highest BCUT2D eigenvalue weighted by molar-refractivity contribution is 5.93. The van der Waals surface area contributed by atoms with E-state index in [0.717, 1.165) is 22.4 Å². The highest BCUT2D eigenvalue weighted by atomic mass is 16.1. The van der Waals surface area contributed by atoms with Gasteiger partial charge in [0.15, 0.2) is 0 Å². The van der Waals surface area contributed by atoms with Crippen molar-refractivity contribution in [2.75, 3.05) is 10.6 Å². The van der Waals surface area contributed by atoms with Gasteiger partial charge in [-0.2, -0.15) is 4.98 Å². The van der Waals surface area contributed by atoms with Crippen LogP contribution in [0.1, 0.15) is 28.9 Å². The molecule has 1 unspecified atom stereocenters. The molecule has 0 aliphatic carbocycles. The number of aromatic nitrogens is 2. The molecule has 29 heavy (non-hydrogen) atoms. The van der Waals surface area contributed by atoms with Crippen molar-refractivity contribution in [3.8, 4) is 0 Å². The van der Waals surface area contributed by atoms with Crippen LogP contribution in [0.15, 0.2) is 78.9 Å². The van der Waals surface area contributed by atoms with E-state index in [1.807, 2.05) is 42.5 Å². The van der Waals surface area contributed by atoms with Gasteiger partial charge in [-0.1, -0.05) is 42.5 Å². The van der Waals surface area contributed by atoms with Crippen LogP contribution >= 0.6 is 0 Å². The first-order valence-corrected chi connectivity index (χ1v) is 9.35. The maximum absolute atomic E-state index is 11.3. The molecule has 1 amide bonds. The number of amides is 1. The van der Waals surface area contributed by atoms with E-state index in [1.54, 1.807) is 24.3 Å². The number of hydrogen-bond donors (Lipinski definition) is 3. The molecule has 4 N–H and O–H groups in total. The highest BCUT2D eigenvalue weighted by Crippen LogP contribution is 2.27. The Morgan fingerprint density at radius 1 is 0.897 bits per heavy atom. The fourth-order valence-corrected chi connectivity index (χ4v) is 3.12. The number of nitrogens with one attached hydrogen (secondary N) is 2. The van der Waals surface area contributed by atoms with Crippen molar-refractivity contribution >= 4 is 34.3 Å². The largest absolute Gasteiger partial charge is 0.366 e. The molecule has 1 atom stereocenters. The number of nitrogens with zero attached hydrogens (tertiary/aromatic N) is 2. The molecule has 1 heterocycles. The molecule has 0 saturated heterocycles. The van der Waals surface area contributed by atoms with Crippen LogP contribution in [0.3, 0.4) is 0 Å². The minimum atomic E-state index is -0.458. The van der Waals surface area contributed by atoms with Gasteiger partial charge in [0.05, 0.1) is 5.52 Å². The SMILES string of the molecule is CC(Nc1nc(Nc2ccc(C(N)=O)cc2)nc2ccccc12)c1ccccc1. The van der Waals surface area contributed by atoms with Crippen molar-refractivity contribution in [2.24, 2.45) is 5.73 Å². The minimum Gasteiger partial charge on any atom is -0.366 e. The van der Waals surface area contributed by atoms with Crippen molar-refractivity contribution < 1.29 is 4.79 Å². The number of carbonyl (C=O) groups excluding carboxylic acids is 1. The molecule has 4 aromatic rings. The molecule has 3 aromatic carbocycles. The number of primary amides is 1. The number of nitrogens with two attached hydrogens (primary N) is 1. The van der Waals surface area contributed by atoms with Crippen LogP contribution in [0.25, 0.3) is 10.9 Å². The maximum Gasteiger partial charge on any atom is 0.248 e. The van der Waals surface area contributed by atoms with E-state index in [0.29, 0.717) is 11.5 Å². The first-order valence-electron chi connectivity index (χ1n) is 9.35. The summed E-state index contributed by atoms with van der Waals surface area (Å²) in [4.78, 5) is 20.6. The van der Waals surface area contributed by atoms with E-state index < -0.39 is 5.91 Å². The average Bonchev–Trinajstić information content (AvgIpc) is 2.75. The second kappa shape index (κ2) is 7.98. The molecule has 0 saturated carbocycles. The Morgan fingerprint density at radius 3 is 2.31 bits per heavy atom. The molecule has 0 aliphatic heterocycles. The first kappa shape index (κ1) is 18.4. The lowest BCUT2D eigenvalue weighted by atomic mass is 10.1. The fraction of sp³-hybridized carbons (Fsp3) is 0.0870. The molecule has 6 nitrogen and oxygen atoms in total. The van der Waals surface area contributed by atoms with Gasteiger partial charge in [-0.05, 0) is 48.9 Å². The van der Waals surface area contributed by atoms with Gasteiger partial charge in [-0.15, -0.1) is 0 Å². The Balaban J connectivity index is 1.66. The summed E-state index contributed by atoms with van der Waals surface area (Å²) in [5.41, 5.74) is 8.53. The van der Waals surface area contributed by atoms with Crippen LogP contribution in [0, 0.1) is 0 Å². The molecule has 0 aliphatic rings. The summed E-state index contributed by atoms with van der Waals surface area (Å²) in [6, 6.07) is 25.1. The third kappa shape index (κ3) is 4.16. The number of benzene rings is 3. The highest BCUT2D eigenvalue weighted by Gasteiger charge is 2.12. The number of hydrogen-bond acceptors (Lipinski definition) is 5. The van der Waals surface area contributed by atoms with Crippen LogP contribution in [0.4, 0.5) is 17.5 Å². The van der Waals surface area contributed by atoms with Crippen LogP contribution in [-0.2, 0) is 0 Å². The third-order valence-corrected chi connectivity index (χ3v) is 4.68. The predicted octanol–water partition coefficient (Wildman–Crippen LogP) is 4.65. The van der Waals surface area contributed by atoms with Gasteiger partial charge in [0.1, 0.15) is 5.82 Å². The van der Waals surface area contributed by atoms with E-state index in [4.69, 9.17) is 10.7 Å². The smallest absolute Gasteiger partial charge is 0.248 e. The van der Waals surface area contributed by atoms with Crippen molar-refractivity contribution in [3.05, 3.63) is 90.0 Å². The summed E-state index contributed by atoms with van der Waals surface area (Å²) >= 11 is 0. The molecule has 0 fully saturated rings. The van der Waals surface area contributed by atoms with Crippen LogP contribution in [0.5, 0.6) is 0 Å². The topological polar surface area (TPSA) is 92.9 Å². The number of carbonyl (C=O) groups is 1. The van der Waals surface area contributed by atoms with Crippen LogP contribution in [-0.4, -0.2) is 15.9 Å². The Morgan fingerprint density at radius 2 is 1.59 bits per heavy atom. The summed E-state index contributed by atoms with van der Waals surface area (Å²) in [6.07, 6.45) is 0. The van der Waals surface area contributed by atoms with Gasteiger partial charge in [0.25, 0.3) is 0 Å². The van der Waals surface area contributed by atoms with Crippen molar-refractivity contribution in [2.45, 2.75) is 13.0 Å². The van der Waals surface area contributed by atoms with Gasteiger partial charge in [-0.3, -0.25) is 4.79 Å². The second-order valence-electron chi connectivity index (χ2n) is 6.76. The normalized spacial score (nSPS) is 11.8. The Bertz CT molecular complexity index is 1140. The quantitative estimate of drug-likeness (QED) is 0.451. The van der Waals surface area contributed by atoms with E-state index in [2.05, 4.69) is 34.7 Å². The lowest BCUT2D eigenvalue weighted by molar-refractivity contribution is 0.100. The average molecular weight is 383 g/mol. The second-order valence-corrected chi connectivity index (χ2v) is 6.76. The minimum absolute atomic E-state index is 0.0807. The van der Waals surface area contributed by atoms with Gasteiger partial charge >= 0.3 is 0 Å². The molecule has 144 valence electrons. The zero-order valence-corrected chi connectivity index (χ0v) is 16.0. The summed E-state index contributed by atoms with van der Waals surface area (Å²) in [6.45, 7) is 2.10. The van der Waals surface area contributed by atoms with Crippen molar-refractivity contribution in [1.82, 2.24) is 9.97 Å². The van der Waals surface area contributed by atoms with Crippen LogP contribution in [0.2, 0.25) is 0 Å². The third-order valence-electron chi connectivity index (χ3n) is 4.68. The van der Waals surface area contributed by atoms with E-state index in [-0.39, 0.29) is 6.04 Å². The lowest BCUT2D eigenvalue weighted by Gasteiger charge is -2.17. The molecule has 0 spiro atoms. The van der Waals surface area contributed by atoms with E-state index in [1.165, 1.54) is 5.56 Å². The monoisotopic (exact) mass is 383 g/mol. The Labute approximate surface area is 168 Å². The predicted molar refractivity (Wildman–Crippen MR) is 116 cm³/mol. The zero-order chi connectivity index (χ0) is 20.2. The summed E-state index contributed by atoms with van der Waals surface area (Å²) in [5, 5.41) is 7.65. The van der Waals surface area contributed by atoms with E-state index in [9.17, 15) is 4.79 Å². The maximum atomic E-state index is 11.3. The Kier molecular flexibility index (Phi) is 5.07. The molecular formula is C23H21N5O. The molecule has 4 rings (SSSR count). The molecule has 0 bridgehead atoms. The van der Waals surface area contributed by atoms with Gasteiger partial charge in [-0.25, -0.2) is 4.98 Å². The van der Waals surface area contributed by atoms with Crippen molar-refractivity contribution in [3.63, 3.8) is 0 Å². The Hall–Kier alpha value is -3.93. The summed E-state index contributed by atoms with van der Waals surface area (Å²) in [5.74, 6) is 0.765. The van der Waals surface area contributed by atoms with Gasteiger partial charge in [0, 0.05) is 22.7 Å². The van der Waals surface area contributed by atoms with Gasteiger partial charge in [0.2, 0.25) is 11.9 Å². The molecule has 1 aromatic heterocycles. The molecule has 0 radical (unpaired) electrons. The standard InChI is InChI=1S/C23H21N5O/c1-15(16-7-3-2-4-8-16)25-22-19-9-5-6-10-20(19)27-23(28-22)26-18-13-11-17(12-14-18)21(24)29/h2-15H,1H3,(H2,24,29)(H2,25,26,27,28). The van der Waals surface area contributed by atoms with Crippen LogP contribution < -0.4 is 16.4 Å². The number of para-hydroxylation sites is 1. The first-order chi connectivity index (χ1) is 14.1. The lowest BCUT2D eigenvalue weighted by Crippen LogP contribution is -2.11. The number of rotatable bonds is 6. The molecule has 6 heteroatoms. The number of anilines is 3. The van der Waals surface area contributed by atoms with Gasteiger partial charge < -0.3 is 16.4 Å². The molecular weight excluding hydrogens is 362 g/mol. The zero-order valence-electron chi connectivity index (χ0n) is 16.0. The van der Waals surface area contributed by atoms with E-state index >= 15 is 0 Å². The number of fused-ring (bicyclic) bond motifs is 1. The summed E-state index contributed by atoms with van der Waals surface area (Å²) < 4.78 is 0. The fourth-order valence-electron chi connectivity index (χ4n) is 3.12. The van der Waals surface area contributed by atoms with Crippen molar-refractivity contribution in [1.29, 1.82) is 0 Å². The summed E-state index contributed by atoms with van der Waals surface area (Å²) in [7, 11) is 0.